The molecule has 5 nitrogen and oxygen atoms in total. The summed E-state index contributed by atoms with van der Waals surface area (Å²) in [6, 6.07) is 8.70. The zero-order valence-corrected chi connectivity index (χ0v) is 18.3. The molecule has 0 saturated heterocycles. The van der Waals surface area contributed by atoms with Crippen LogP contribution in [0.25, 0.3) is 0 Å². The van der Waals surface area contributed by atoms with Gasteiger partial charge < -0.3 is 14.3 Å². The lowest BCUT2D eigenvalue weighted by Crippen LogP contribution is -2.52. The van der Waals surface area contributed by atoms with Gasteiger partial charge in [0.05, 0.1) is 12.2 Å². The van der Waals surface area contributed by atoms with E-state index in [0.29, 0.717) is 31.2 Å². The molecule has 0 aliphatic heterocycles. The molecule has 5 heteroatoms. The number of Topliss-reactive ketones (excluding diaryl/α,β-unsaturated/α-hetero) is 1. The molecule has 0 N–H and O–H groups in total. The van der Waals surface area contributed by atoms with Gasteiger partial charge in [0.1, 0.15) is 11.2 Å². The van der Waals surface area contributed by atoms with Crippen LogP contribution in [-0.2, 0) is 19.1 Å². The number of ether oxygens (including phenoxy) is 2. The molecule has 0 spiro atoms. The standard InChI is InChI=1S/C25H32O5/c1-4-6-7-11-17-25(30-22(27)21-13-9-8-10-14-21)18-12-16-24(25,19-15-20(3)26)23(28)29-5-2/h8-10,13-14H,4-7,12,15-16,18-19H2,1-3H3. The Hall–Kier alpha value is -2.61. The van der Waals surface area contributed by atoms with Crippen molar-refractivity contribution in [2.45, 2.75) is 77.7 Å². The number of rotatable bonds is 9. The van der Waals surface area contributed by atoms with E-state index in [1.165, 1.54) is 6.92 Å². The molecular weight excluding hydrogens is 380 g/mol. The van der Waals surface area contributed by atoms with E-state index in [1.807, 2.05) is 6.07 Å². The first kappa shape index (κ1) is 23.7. The van der Waals surface area contributed by atoms with Crippen LogP contribution in [0.5, 0.6) is 0 Å². The van der Waals surface area contributed by atoms with E-state index in [0.717, 1.165) is 12.8 Å². The lowest BCUT2D eigenvalue weighted by Gasteiger charge is -2.40. The van der Waals surface area contributed by atoms with Crippen molar-refractivity contribution in [3.8, 4) is 11.8 Å². The summed E-state index contributed by atoms with van der Waals surface area (Å²) >= 11 is 0. The van der Waals surface area contributed by atoms with Crippen LogP contribution in [0.2, 0.25) is 0 Å². The molecule has 2 atom stereocenters. The van der Waals surface area contributed by atoms with Crippen molar-refractivity contribution in [3.63, 3.8) is 0 Å². The molecule has 1 aliphatic carbocycles. The van der Waals surface area contributed by atoms with Crippen molar-refractivity contribution in [1.29, 1.82) is 0 Å². The Kier molecular flexibility index (Phi) is 8.65. The Morgan fingerprint density at radius 3 is 2.47 bits per heavy atom. The second kappa shape index (κ2) is 11.0. The fraction of sp³-hybridized carbons (Fsp3) is 0.560. The number of ketones is 1. The van der Waals surface area contributed by atoms with Gasteiger partial charge in [-0.3, -0.25) is 4.79 Å². The monoisotopic (exact) mass is 412 g/mol. The first-order chi connectivity index (χ1) is 14.4. The van der Waals surface area contributed by atoms with Gasteiger partial charge in [-0.2, -0.15) is 0 Å². The summed E-state index contributed by atoms with van der Waals surface area (Å²) in [5.74, 6) is 5.35. The first-order valence-electron chi connectivity index (χ1n) is 10.9. The van der Waals surface area contributed by atoms with Gasteiger partial charge >= 0.3 is 11.9 Å². The summed E-state index contributed by atoms with van der Waals surface area (Å²) in [4.78, 5) is 38.0. The van der Waals surface area contributed by atoms with Crippen LogP contribution >= 0.6 is 0 Å². The SMILES string of the molecule is CCCCC#CC1(OC(=O)c2ccccc2)CCCC1(CCC(C)=O)C(=O)OCC. The van der Waals surface area contributed by atoms with Crippen molar-refractivity contribution in [2.24, 2.45) is 5.41 Å². The fourth-order valence-corrected chi connectivity index (χ4v) is 4.05. The van der Waals surface area contributed by atoms with Crippen molar-refractivity contribution < 1.29 is 23.9 Å². The molecule has 2 rings (SSSR count). The normalized spacial score (nSPS) is 22.6. The average molecular weight is 413 g/mol. The largest absolute Gasteiger partial charge is 0.465 e. The minimum Gasteiger partial charge on any atom is -0.465 e. The molecule has 0 heterocycles. The maximum atomic E-state index is 13.2. The van der Waals surface area contributed by atoms with Gasteiger partial charge in [-0.15, -0.1) is 0 Å². The van der Waals surface area contributed by atoms with E-state index >= 15 is 0 Å². The minimum atomic E-state index is -1.30. The molecule has 2 unspecified atom stereocenters. The second-order valence-corrected chi connectivity index (χ2v) is 7.85. The summed E-state index contributed by atoms with van der Waals surface area (Å²) < 4.78 is 11.5. The molecule has 1 aliphatic rings. The molecule has 1 saturated carbocycles. The topological polar surface area (TPSA) is 69.7 Å². The Labute approximate surface area is 179 Å². The highest BCUT2D eigenvalue weighted by molar-refractivity contribution is 5.91. The summed E-state index contributed by atoms with van der Waals surface area (Å²) in [6.45, 7) is 5.54. The predicted molar refractivity (Wildman–Crippen MR) is 115 cm³/mol. The number of carbonyl (C=O) groups excluding carboxylic acids is 3. The molecule has 0 aromatic heterocycles. The van der Waals surface area contributed by atoms with Crippen molar-refractivity contribution in [3.05, 3.63) is 35.9 Å². The predicted octanol–water partition coefficient (Wildman–Crippen LogP) is 4.88. The molecule has 0 amide bonds. The van der Waals surface area contributed by atoms with Gasteiger partial charge in [0.25, 0.3) is 0 Å². The number of hydrogen-bond acceptors (Lipinski definition) is 5. The van der Waals surface area contributed by atoms with Crippen LogP contribution in [0.15, 0.2) is 30.3 Å². The first-order valence-corrected chi connectivity index (χ1v) is 10.9. The van der Waals surface area contributed by atoms with E-state index in [2.05, 4.69) is 18.8 Å². The molecule has 1 fully saturated rings. The third-order valence-corrected chi connectivity index (χ3v) is 5.70. The van der Waals surface area contributed by atoms with Gasteiger partial charge in [0, 0.05) is 19.3 Å². The van der Waals surface area contributed by atoms with Gasteiger partial charge in [0.15, 0.2) is 5.60 Å². The average Bonchev–Trinajstić information content (AvgIpc) is 3.09. The fourth-order valence-electron chi connectivity index (χ4n) is 4.05. The van der Waals surface area contributed by atoms with Gasteiger partial charge in [-0.05, 0) is 51.7 Å². The second-order valence-electron chi connectivity index (χ2n) is 7.85. The number of benzene rings is 1. The molecule has 0 radical (unpaired) electrons. The van der Waals surface area contributed by atoms with E-state index in [1.54, 1.807) is 31.2 Å². The Bertz CT molecular complexity index is 804. The lowest BCUT2D eigenvalue weighted by molar-refractivity contribution is -0.167. The van der Waals surface area contributed by atoms with Crippen LogP contribution in [0.4, 0.5) is 0 Å². The molecular formula is C25H32O5. The van der Waals surface area contributed by atoms with Gasteiger partial charge in [0.2, 0.25) is 0 Å². The molecule has 0 bridgehead atoms. The van der Waals surface area contributed by atoms with Crippen molar-refractivity contribution in [1.82, 2.24) is 0 Å². The van der Waals surface area contributed by atoms with Crippen molar-refractivity contribution in [2.75, 3.05) is 6.61 Å². The molecule has 162 valence electrons. The Morgan fingerprint density at radius 2 is 1.83 bits per heavy atom. The third kappa shape index (κ3) is 5.30. The summed E-state index contributed by atoms with van der Waals surface area (Å²) in [6.07, 6.45) is 4.64. The maximum Gasteiger partial charge on any atom is 0.339 e. The number of esters is 2. The van der Waals surface area contributed by atoms with E-state index in [4.69, 9.17) is 9.47 Å². The van der Waals surface area contributed by atoms with Crippen LogP contribution in [-0.4, -0.2) is 29.9 Å². The van der Waals surface area contributed by atoms with Gasteiger partial charge in [-0.25, -0.2) is 4.79 Å². The zero-order valence-electron chi connectivity index (χ0n) is 18.3. The molecule has 30 heavy (non-hydrogen) atoms. The molecule has 1 aromatic carbocycles. The van der Waals surface area contributed by atoms with E-state index < -0.39 is 23.0 Å². The van der Waals surface area contributed by atoms with Crippen LogP contribution < -0.4 is 0 Å². The Balaban J connectivity index is 2.50. The quantitative estimate of drug-likeness (QED) is 0.328. The highest BCUT2D eigenvalue weighted by atomic mass is 16.6. The molecule has 1 aromatic rings. The zero-order chi connectivity index (χ0) is 22.0. The highest BCUT2D eigenvalue weighted by Crippen LogP contribution is 2.53. The third-order valence-electron chi connectivity index (χ3n) is 5.70. The van der Waals surface area contributed by atoms with E-state index in [9.17, 15) is 14.4 Å². The van der Waals surface area contributed by atoms with Crippen LogP contribution in [0, 0.1) is 17.3 Å². The summed E-state index contributed by atoms with van der Waals surface area (Å²) in [5.41, 5.74) is -2.03. The maximum absolute atomic E-state index is 13.2. The number of unbranched alkanes of at least 4 members (excludes halogenated alkanes) is 2. The number of hydrogen-bond donors (Lipinski definition) is 0. The number of carbonyl (C=O) groups is 3. The smallest absolute Gasteiger partial charge is 0.339 e. The van der Waals surface area contributed by atoms with Gasteiger partial charge in [-0.1, -0.05) is 43.4 Å². The summed E-state index contributed by atoms with van der Waals surface area (Å²) in [5, 5.41) is 0. The van der Waals surface area contributed by atoms with E-state index in [-0.39, 0.29) is 25.2 Å². The van der Waals surface area contributed by atoms with Crippen LogP contribution in [0.1, 0.15) is 82.5 Å². The van der Waals surface area contributed by atoms with Crippen LogP contribution in [0.3, 0.4) is 0 Å². The van der Waals surface area contributed by atoms with Crippen molar-refractivity contribution >= 4 is 17.7 Å². The summed E-state index contributed by atoms with van der Waals surface area (Å²) in [7, 11) is 0. The Morgan fingerprint density at radius 1 is 1.10 bits per heavy atom. The highest BCUT2D eigenvalue weighted by Gasteiger charge is 2.62. The minimum absolute atomic E-state index is 0.0206. The lowest BCUT2D eigenvalue weighted by atomic mass is 9.70.